The van der Waals surface area contributed by atoms with E-state index in [1.165, 1.54) is 18.3 Å². The number of amides is 2. The van der Waals surface area contributed by atoms with Crippen LogP contribution in [0.3, 0.4) is 0 Å². The average molecular weight is 461 g/mol. The van der Waals surface area contributed by atoms with E-state index in [0.717, 1.165) is 22.2 Å². The molecule has 1 heterocycles. The number of carbonyl (C=O) groups is 3. The first-order valence-corrected chi connectivity index (χ1v) is 10.8. The Labute approximate surface area is 187 Å². The van der Waals surface area contributed by atoms with Crippen molar-refractivity contribution in [2.24, 2.45) is 0 Å². The van der Waals surface area contributed by atoms with Crippen molar-refractivity contribution in [3.8, 4) is 0 Å². The molecule has 3 rings (SSSR count). The summed E-state index contributed by atoms with van der Waals surface area (Å²) in [6.07, 6.45) is -0.302. The topological polar surface area (TPSA) is 84.5 Å². The van der Waals surface area contributed by atoms with Crippen LogP contribution in [0, 0.1) is 11.6 Å². The molecule has 32 heavy (non-hydrogen) atoms. The molecule has 2 atom stereocenters. The molecule has 168 valence electrons. The zero-order valence-corrected chi connectivity index (χ0v) is 18.3. The Kier molecular flexibility index (Phi) is 7.53. The molecule has 0 saturated heterocycles. The Morgan fingerprint density at radius 1 is 1.03 bits per heavy atom. The van der Waals surface area contributed by atoms with Gasteiger partial charge < -0.3 is 15.4 Å². The van der Waals surface area contributed by atoms with E-state index in [1.807, 2.05) is 30.3 Å². The van der Waals surface area contributed by atoms with Crippen LogP contribution in [0.1, 0.15) is 30.3 Å². The van der Waals surface area contributed by atoms with E-state index in [1.54, 1.807) is 6.92 Å². The van der Waals surface area contributed by atoms with Gasteiger partial charge in [0.05, 0.1) is 13.0 Å². The van der Waals surface area contributed by atoms with Crippen molar-refractivity contribution >= 4 is 39.2 Å². The van der Waals surface area contributed by atoms with E-state index in [4.69, 9.17) is 4.74 Å². The SMILES string of the molecule is CCOC(=O)C(NC(=O)[C@H](C)NC(=O)Cc1cc(F)cc(F)c1)c1cc2ccccc2s1. The minimum atomic E-state index is -1.03. The van der Waals surface area contributed by atoms with Gasteiger partial charge in [-0.15, -0.1) is 11.3 Å². The third-order valence-electron chi connectivity index (χ3n) is 4.60. The van der Waals surface area contributed by atoms with E-state index in [2.05, 4.69) is 10.6 Å². The van der Waals surface area contributed by atoms with Crippen molar-refractivity contribution in [2.45, 2.75) is 32.4 Å². The van der Waals surface area contributed by atoms with Crippen LogP contribution in [0.5, 0.6) is 0 Å². The Morgan fingerprint density at radius 2 is 1.72 bits per heavy atom. The molecule has 0 fully saturated rings. The maximum atomic E-state index is 13.3. The summed E-state index contributed by atoms with van der Waals surface area (Å²) in [5.41, 5.74) is 0.141. The Balaban J connectivity index is 1.69. The second-order valence-corrected chi connectivity index (χ2v) is 8.24. The molecule has 3 aromatic rings. The maximum absolute atomic E-state index is 13.3. The number of ether oxygens (including phenoxy) is 1. The third-order valence-corrected chi connectivity index (χ3v) is 5.78. The summed E-state index contributed by atoms with van der Waals surface area (Å²) in [5, 5.41) is 6.04. The minimum absolute atomic E-state index is 0.141. The van der Waals surface area contributed by atoms with Gasteiger partial charge in [0.2, 0.25) is 11.8 Å². The largest absolute Gasteiger partial charge is 0.464 e. The normalized spacial score (nSPS) is 12.8. The number of thiophene rings is 1. The fourth-order valence-electron chi connectivity index (χ4n) is 3.14. The van der Waals surface area contributed by atoms with Gasteiger partial charge in [0.1, 0.15) is 17.7 Å². The summed E-state index contributed by atoms with van der Waals surface area (Å²) in [6, 6.07) is 10.1. The number of hydrogen-bond acceptors (Lipinski definition) is 5. The van der Waals surface area contributed by atoms with E-state index in [9.17, 15) is 23.2 Å². The van der Waals surface area contributed by atoms with Crippen molar-refractivity contribution < 1.29 is 27.9 Å². The van der Waals surface area contributed by atoms with Crippen LogP contribution in [-0.4, -0.2) is 30.4 Å². The van der Waals surface area contributed by atoms with Gasteiger partial charge in [-0.05, 0) is 49.1 Å². The molecule has 0 saturated carbocycles. The quantitative estimate of drug-likeness (QED) is 0.503. The molecule has 2 amide bonds. The number of benzene rings is 2. The summed E-state index contributed by atoms with van der Waals surface area (Å²) in [5.74, 6) is -3.38. The molecule has 0 radical (unpaired) electrons. The van der Waals surface area contributed by atoms with Crippen molar-refractivity contribution in [3.63, 3.8) is 0 Å². The van der Waals surface area contributed by atoms with Crippen LogP contribution in [0.25, 0.3) is 10.1 Å². The van der Waals surface area contributed by atoms with Gasteiger partial charge in [-0.1, -0.05) is 18.2 Å². The number of halogens is 2. The number of esters is 1. The first-order chi connectivity index (χ1) is 15.3. The van der Waals surface area contributed by atoms with Gasteiger partial charge in [0.25, 0.3) is 0 Å². The van der Waals surface area contributed by atoms with Crippen molar-refractivity contribution in [2.75, 3.05) is 6.61 Å². The average Bonchev–Trinajstić information content (AvgIpc) is 3.14. The van der Waals surface area contributed by atoms with Crippen LogP contribution in [-0.2, 0) is 25.5 Å². The van der Waals surface area contributed by atoms with Gasteiger partial charge in [-0.25, -0.2) is 13.6 Å². The van der Waals surface area contributed by atoms with Crippen LogP contribution in [0.2, 0.25) is 0 Å². The Hall–Kier alpha value is -3.33. The molecule has 9 heteroatoms. The highest BCUT2D eigenvalue weighted by Gasteiger charge is 2.28. The molecule has 0 aliphatic carbocycles. The summed E-state index contributed by atoms with van der Waals surface area (Å²) < 4.78 is 32.7. The predicted octanol–water partition coefficient (Wildman–Crippen LogP) is 3.65. The van der Waals surface area contributed by atoms with Gasteiger partial charge in [0.15, 0.2) is 6.04 Å². The van der Waals surface area contributed by atoms with Crippen molar-refractivity contribution in [1.29, 1.82) is 0 Å². The monoisotopic (exact) mass is 460 g/mol. The van der Waals surface area contributed by atoms with E-state index >= 15 is 0 Å². The van der Waals surface area contributed by atoms with Crippen LogP contribution in [0.4, 0.5) is 8.78 Å². The standard InChI is InChI=1S/C23H22F2N2O4S/c1-3-31-23(30)21(19-11-15-6-4-5-7-18(15)32-19)27-22(29)13(2)26-20(28)10-14-8-16(24)12-17(25)9-14/h4-9,11-13,21H,3,10H2,1-2H3,(H,26,28)(H,27,29)/t13-,21?/m0/s1. The minimum Gasteiger partial charge on any atom is -0.464 e. The first kappa shape index (κ1) is 23.3. The second kappa shape index (κ2) is 10.3. The first-order valence-electron chi connectivity index (χ1n) is 9.96. The molecule has 0 aliphatic rings. The highest BCUT2D eigenvalue weighted by molar-refractivity contribution is 7.19. The molecule has 2 aromatic carbocycles. The molecular formula is C23H22F2N2O4S. The van der Waals surface area contributed by atoms with E-state index < -0.39 is 41.5 Å². The zero-order valence-electron chi connectivity index (χ0n) is 17.5. The maximum Gasteiger partial charge on any atom is 0.334 e. The lowest BCUT2D eigenvalue weighted by molar-refractivity contribution is -0.147. The lowest BCUT2D eigenvalue weighted by Crippen LogP contribution is -2.47. The lowest BCUT2D eigenvalue weighted by Gasteiger charge is -2.19. The number of nitrogens with one attached hydrogen (secondary N) is 2. The van der Waals surface area contributed by atoms with E-state index in [-0.39, 0.29) is 18.6 Å². The smallest absolute Gasteiger partial charge is 0.334 e. The molecule has 6 nitrogen and oxygen atoms in total. The highest BCUT2D eigenvalue weighted by Crippen LogP contribution is 2.30. The number of fused-ring (bicyclic) bond motifs is 1. The summed E-state index contributed by atoms with van der Waals surface area (Å²) in [4.78, 5) is 38.1. The van der Waals surface area contributed by atoms with Crippen LogP contribution >= 0.6 is 11.3 Å². The van der Waals surface area contributed by atoms with Gasteiger partial charge in [0, 0.05) is 15.6 Å². The zero-order chi connectivity index (χ0) is 23.3. The predicted molar refractivity (Wildman–Crippen MR) is 117 cm³/mol. The molecule has 1 unspecified atom stereocenters. The molecule has 1 aromatic heterocycles. The molecule has 0 spiro atoms. The van der Waals surface area contributed by atoms with Crippen molar-refractivity contribution in [3.05, 3.63) is 70.6 Å². The van der Waals surface area contributed by atoms with Crippen molar-refractivity contribution in [1.82, 2.24) is 10.6 Å². The number of carbonyl (C=O) groups excluding carboxylic acids is 3. The van der Waals surface area contributed by atoms with Gasteiger partial charge in [-0.3, -0.25) is 9.59 Å². The lowest BCUT2D eigenvalue weighted by atomic mass is 10.1. The molecule has 2 N–H and O–H groups in total. The Morgan fingerprint density at radius 3 is 2.38 bits per heavy atom. The highest BCUT2D eigenvalue weighted by atomic mass is 32.1. The Bertz CT molecular complexity index is 1090. The summed E-state index contributed by atoms with van der Waals surface area (Å²) in [6.45, 7) is 3.26. The van der Waals surface area contributed by atoms with Gasteiger partial charge >= 0.3 is 5.97 Å². The molecule has 0 aliphatic heterocycles. The van der Waals surface area contributed by atoms with Crippen LogP contribution in [0.15, 0.2) is 48.5 Å². The summed E-state index contributed by atoms with van der Waals surface area (Å²) in [7, 11) is 0. The molecule has 0 bridgehead atoms. The third kappa shape index (κ3) is 5.88. The number of hydrogen-bond donors (Lipinski definition) is 2. The van der Waals surface area contributed by atoms with E-state index in [0.29, 0.717) is 10.9 Å². The van der Waals surface area contributed by atoms with Crippen LogP contribution < -0.4 is 10.6 Å². The molecular weight excluding hydrogens is 438 g/mol. The second-order valence-electron chi connectivity index (χ2n) is 7.12. The number of rotatable bonds is 8. The fraction of sp³-hybridized carbons (Fsp3) is 0.261. The fourth-order valence-corrected chi connectivity index (χ4v) is 4.24. The summed E-state index contributed by atoms with van der Waals surface area (Å²) >= 11 is 1.36. The van der Waals surface area contributed by atoms with Gasteiger partial charge in [-0.2, -0.15) is 0 Å².